The van der Waals surface area contributed by atoms with E-state index in [1.165, 1.54) is 6.08 Å². The summed E-state index contributed by atoms with van der Waals surface area (Å²) in [5, 5.41) is 4.80. The molecule has 0 spiro atoms. The topological polar surface area (TPSA) is 95.1 Å². The minimum absolute atomic E-state index is 0.0153. The van der Waals surface area contributed by atoms with Gasteiger partial charge in [0, 0.05) is 0 Å². The van der Waals surface area contributed by atoms with E-state index >= 15 is 0 Å². The highest BCUT2D eigenvalue weighted by molar-refractivity contribution is 7.80. The Balaban J connectivity index is 1.66. The van der Waals surface area contributed by atoms with Crippen molar-refractivity contribution in [1.29, 1.82) is 0 Å². The first-order chi connectivity index (χ1) is 16.4. The summed E-state index contributed by atoms with van der Waals surface area (Å²) in [6, 6.07) is 10.9. The largest absolute Gasteiger partial charge is 0.493 e. The molecular weight excluding hydrogens is 456 g/mol. The van der Waals surface area contributed by atoms with Crippen LogP contribution in [0, 0.1) is 0 Å². The summed E-state index contributed by atoms with van der Waals surface area (Å²) < 4.78 is 22.7. The minimum atomic E-state index is -0.558. The molecule has 3 rings (SSSR count). The van der Waals surface area contributed by atoms with Crippen molar-refractivity contribution in [2.45, 2.75) is 13.3 Å². The Morgan fingerprint density at radius 2 is 1.56 bits per heavy atom. The number of carbonyl (C=O) groups is 2. The quantitative estimate of drug-likeness (QED) is 0.167. The van der Waals surface area contributed by atoms with E-state index in [0.29, 0.717) is 35.2 Å². The van der Waals surface area contributed by atoms with Gasteiger partial charge in [0.1, 0.15) is 18.8 Å². The van der Waals surface area contributed by atoms with Crippen molar-refractivity contribution in [2.24, 2.45) is 0 Å². The fourth-order valence-electron chi connectivity index (χ4n) is 3.20. The van der Waals surface area contributed by atoms with Crippen LogP contribution in [0.3, 0.4) is 0 Å². The van der Waals surface area contributed by atoms with E-state index in [2.05, 4.69) is 17.2 Å². The average molecular weight is 483 g/mol. The molecule has 2 aromatic rings. The maximum absolute atomic E-state index is 12.1. The summed E-state index contributed by atoms with van der Waals surface area (Å²) >= 11 is 4.81. The molecule has 2 N–H and O–H groups in total. The van der Waals surface area contributed by atoms with E-state index in [4.69, 9.17) is 31.2 Å². The van der Waals surface area contributed by atoms with E-state index < -0.39 is 11.8 Å². The standard InChI is InChI=1S/C25H26N2O6S/c1-4-6-16-7-9-19(21(14-16)30-3)32-11-12-33-20-10-8-17(15-22(20)31-5-2)13-18-23(28)26-25(34)27-24(18)29/h4,7-10,13-15H,1,5-6,11-12H2,2-3H3,(H2,26,27,28,29,34). The van der Waals surface area contributed by atoms with Crippen molar-refractivity contribution in [1.82, 2.24) is 10.6 Å². The van der Waals surface area contributed by atoms with E-state index in [1.807, 2.05) is 31.2 Å². The van der Waals surface area contributed by atoms with Crippen molar-refractivity contribution in [3.63, 3.8) is 0 Å². The van der Waals surface area contributed by atoms with Gasteiger partial charge in [-0.1, -0.05) is 18.2 Å². The Hall–Kier alpha value is -3.85. The SMILES string of the molecule is C=CCc1ccc(OCCOc2ccc(C=C3C(=O)NC(=S)NC3=O)cc2OCC)c(OC)c1. The third-order valence-electron chi connectivity index (χ3n) is 4.73. The third-order valence-corrected chi connectivity index (χ3v) is 4.93. The molecular formula is C25H26N2O6S. The number of amides is 2. The van der Waals surface area contributed by atoms with Gasteiger partial charge in [0.2, 0.25) is 0 Å². The van der Waals surface area contributed by atoms with Crippen LogP contribution in [0.2, 0.25) is 0 Å². The molecule has 0 aromatic heterocycles. The maximum atomic E-state index is 12.1. The number of benzene rings is 2. The predicted molar refractivity (Wildman–Crippen MR) is 132 cm³/mol. The molecule has 0 saturated carbocycles. The fourth-order valence-corrected chi connectivity index (χ4v) is 3.39. The zero-order valence-electron chi connectivity index (χ0n) is 19.0. The molecule has 34 heavy (non-hydrogen) atoms. The van der Waals surface area contributed by atoms with Gasteiger partial charge < -0.3 is 18.9 Å². The normalized spacial score (nSPS) is 13.0. The molecule has 2 amide bonds. The highest BCUT2D eigenvalue weighted by Gasteiger charge is 2.25. The lowest BCUT2D eigenvalue weighted by molar-refractivity contribution is -0.123. The first-order valence-corrected chi connectivity index (χ1v) is 11.0. The van der Waals surface area contributed by atoms with Crippen LogP contribution in [0.1, 0.15) is 18.1 Å². The van der Waals surface area contributed by atoms with Crippen LogP contribution in [0.5, 0.6) is 23.0 Å². The van der Waals surface area contributed by atoms with Gasteiger partial charge in [0.15, 0.2) is 28.1 Å². The molecule has 1 saturated heterocycles. The van der Waals surface area contributed by atoms with Crippen LogP contribution in [-0.4, -0.2) is 43.9 Å². The van der Waals surface area contributed by atoms with E-state index in [9.17, 15) is 9.59 Å². The fraction of sp³-hybridized carbons (Fsp3) is 0.240. The first-order valence-electron chi connectivity index (χ1n) is 10.6. The number of hydrogen-bond acceptors (Lipinski definition) is 7. The molecule has 0 bridgehead atoms. The van der Waals surface area contributed by atoms with Crippen LogP contribution >= 0.6 is 12.2 Å². The molecule has 1 fully saturated rings. The zero-order chi connectivity index (χ0) is 24.5. The maximum Gasteiger partial charge on any atom is 0.263 e. The van der Waals surface area contributed by atoms with E-state index in [-0.39, 0.29) is 23.9 Å². The summed E-state index contributed by atoms with van der Waals surface area (Å²) in [6.45, 7) is 6.56. The third kappa shape index (κ3) is 6.35. The molecule has 2 aromatic carbocycles. The van der Waals surface area contributed by atoms with Gasteiger partial charge in [-0.15, -0.1) is 6.58 Å². The van der Waals surface area contributed by atoms with Gasteiger partial charge in [-0.3, -0.25) is 20.2 Å². The Bertz CT molecular complexity index is 1110. The number of allylic oxidation sites excluding steroid dienone is 1. The summed E-state index contributed by atoms with van der Waals surface area (Å²) in [5.74, 6) is 1.14. The summed E-state index contributed by atoms with van der Waals surface area (Å²) in [5.41, 5.74) is 1.63. The smallest absolute Gasteiger partial charge is 0.263 e. The Labute approximate surface area is 203 Å². The summed E-state index contributed by atoms with van der Waals surface area (Å²) in [7, 11) is 1.59. The molecule has 0 radical (unpaired) electrons. The number of nitrogens with one attached hydrogen (secondary N) is 2. The molecule has 9 heteroatoms. The molecule has 1 aliphatic heterocycles. The second-order valence-corrected chi connectivity index (χ2v) is 7.52. The van der Waals surface area contributed by atoms with Gasteiger partial charge in [-0.25, -0.2) is 0 Å². The van der Waals surface area contributed by atoms with Crippen LogP contribution in [0.25, 0.3) is 6.08 Å². The number of rotatable bonds is 11. The second kappa shape index (κ2) is 11.9. The molecule has 178 valence electrons. The summed E-state index contributed by atoms with van der Waals surface area (Å²) in [6.07, 6.45) is 4.04. The molecule has 0 atom stereocenters. The Morgan fingerprint density at radius 1 is 0.912 bits per heavy atom. The molecule has 8 nitrogen and oxygen atoms in total. The number of methoxy groups -OCH3 is 1. The van der Waals surface area contributed by atoms with Crippen molar-refractivity contribution < 1.29 is 28.5 Å². The molecule has 1 heterocycles. The number of carbonyl (C=O) groups excluding carboxylic acids is 2. The lowest BCUT2D eigenvalue weighted by Gasteiger charge is -2.17. The van der Waals surface area contributed by atoms with Gasteiger partial charge in [0.05, 0.1) is 13.7 Å². The summed E-state index contributed by atoms with van der Waals surface area (Å²) in [4.78, 5) is 24.1. The molecule has 0 aliphatic carbocycles. The number of ether oxygens (including phenoxy) is 4. The Morgan fingerprint density at radius 3 is 2.18 bits per heavy atom. The zero-order valence-corrected chi connectivity index (χ0v) is 19.8. The van der Waals surface area contributed by atoms with Gasteiger partial charge in [0.25, 0.3) is 11.8 Å². The lowest BCUT2D eigenvalue weighted by Crippen LogP contribution is -2.51. The lowest BCUT2D eigenvalue weighted by atomic mass is 10.1. The van der Waals surface area contributed by atoms with Crippen molar-refractivity contribution in [3.05, 3.63) is 65.8 Å². The van der Waals surface area contributed by atoms with Crippen molar-refractivity contribution in [2.75, 3.05) is 26.9 Å². The first kappa shape index (κ1) is 24.8. The highest BCUT2D eigenvalue weighted by Crippen LogP contribution is 2.31. The predicted octanol–water partition coefficient (Wildman–Crippen LogP) is 3.19. The second-order valence-electron chi connectivity index (χ2n) is 7.11. The van der Waals surface area contributed by atoms with Crippen molar-refractivity contribution in [3.8, 4) is 23.0 Å². The highest BCUT2D eigenvalue weighted by atomic mass is 32.1. The van der Waals surface area contributed by atoms with Gasteiger partial charge in [-0.2, -0.15) is 0 Å². The monoisotopic (exact) mass is 482 g/mol. The van der Waals surface area contributed by atoms with Crippen LogP contribution < -0.4 is 29.6 Å². The Kier molecular flexibility index (Phi) is 8.64. The number of thiocarbonyl (C=S) groups is 1. The number of hydrogen-bond donors (Lipinski definition) is 2. The average Bonchev–Trinajstić information content (AvgIpc) is 2.81. The van der Waals surface area contributed by atoms with Crippen LogP contribution in [0.4, 0.5) is 0 Å². The molecule has 0 unspecified atom stereocenters. The molecule has 1 aliphatic rings. The van der Waals surface area contributed by atoms with Crippen LogP contribution in [0.15, 0.2) is 54.6 Å². The van der Waals surface area contributed by atoms with Gasteiger partial charge >= 0.3 is 0 Å². The van der Waals surface area contributed by atoms with E-state index in [0.717, 1.165) is 12.0 Å². The van der Waals surface area contributed by atoms with Crippen molar-refractivity contribution >= 4 is 35.2 Å². The minimum Gasteiger partial charge on any atom is -0.493 e. The van der Waals surface area contributed by atoms with Crippen LogP contribution in [-0.2, 0) is 16.0 Å². The van der Waals surface area contributed by atoms with E-state index in [1.54, 1.807) is 25.3 Å². The van der Waals surface area contributed by atoms with Gasteiger partial charge in [-0.05, 0) is 67.0 Å².